The van der Waals surface area contributed by atoms with Crippen LogP contribution in [-0.4, -0.2) is 48.5 Å². The molecule has 1 amide bonds. The van der Waals surface area contributed by atoms with Gasteiger partial charge < -0.3 is 9.64 Å². The average Bonchev–Trinajstić information content (AvgIpc) is 3.40. The van der Waals surface area contributed by atoms with Crippen molar-refractivity contribution in [3.63, 3.8) is 0 Å². The highest BCUT2D eigenvalue weighted by molar-refractivity contribution is 7.14. The number of rotatable bonds is 4. The lowest BCUT2D eigenvalue weighted by Crippen LogP contribution is -2.48. The van der Waals surface area contributed by atoms with E-state index in [2.05, 4.69) is 17.0 Å². The summed E-state index contributed by atoms with van der Waals surface area (Å²) in [5.74, 6) is 0.135. The van der Waals surface area contributed by atoms with Crippen molar-refractivity contribution >= 4 is 17.2 Å². The Bertz CT molecular complexity index is 843. The van der Waals surface area contributed by atoms with Gasteiger partial charge in [0.15, 0.2) is 0 Å². The number of hydrogen-bond donors (Lipinski definition) is 0. The van der Waals surface area contributed by atoms with Gasteiger partial charge in [0.1, 0.15) is 0 Å². The summed E-state index contributed by atoms with van der Waals surface area (Å²) < 4.78 is 5.72. The number of carbonyl (C=O) groups is 1. The first kappa shape index (κ1) is 18.2. The van der Waals surface area contributed by atoms with Gasteiger partial charge in [0.2, 0.25) is 0 Å². The lowest BCUT2D eigenvalue weighted by Gasteiger charge is -2.34. The molecular formula is C21H23N3O2S. The summed E-state index contributed by atoms with van der Waals surface area (Å²) in [6.45, 7) is 4.83. The SMILES string of the molecule is N#Cc1cccc(CN2CCN(C(=O)c3ccc(C4CCCO4)s3)CC2)c1. The van der Waals surface area contributed by atoms with Crippen molar-refractivity contribution in [1.29, 1.82) is 5.26 Å². The summed E-state index contributed by atoms with van der Waals surface area (Å²) in [6.07, 6.45) is 2.34. The fourth-order valence-corrected chi connectivity index (χ4v) is 4.77. The Morgan fingerprint density at radius 2 is 2.07 bits per heavy atom. The highest BCUT2D eigenvalue weighted by atomic mass is 32.1. The minimum Gasteiger partial charge on any atom is -0.373 e. The van der Waals surface area contributed by atoms with Crippen molar-refractivity contribution in [2.75, 3.05) is 32.8 Å². The number of benzene rings is 1. The molecule has 3 heterocycles. The number of amides is 1. The molecule has 0 saturated carbocycles. The molecule has 0 radical (unpaired) electrons. The van der Waals surface area contributed by atoms with Gasteiger partial charge in [-0.15, -0.1) is 11.3 Å². The minimum absolute atomic E-state index is 0.135. The lowest BCUT2D eigenvalue weighted by atomic mass is 10.1. The van der Waals surface area contributed by atoms with Gasteiger partial charge in [0.25, 0.3) is 5.91 Å². The molecule has 2 aliphatic rings. The summed E-state index contributed by atoms with van der Waals surface area (Å²) >= 11 is 1.58. The van der Waals surface area contributed by atoms with Crippen molar-refractivity contribution in [3.05, 3.63) is 57.3 Å². The Labute approximate surface area is 163 Å². The number of ether oxygens (including phenoxy) is 1. The molecule has 0 bridgehead atoms. The van der Waals surface area contributed by atoms with Crippen molar-refractivity contribution in [2.45, 2.75) is 25.5 Å². The molecule has 2 aliphatic heterocycles. The Morgan fingerprint density at radius 1 is 1.22 bits per heavy atom. The van der Waals surface area contributed by atoms with Gasteiger partial charge in [-0.1, -0.05) is 12.1 Å². The van der Waals surface area contributed by atoms with E-state index in [1.54, 1.807) is 11.3 Å². The van der Waals surface area contributed by atoms with Crippen LogP contribution in [0.15, 0.2) is 36.4 Å². The van der Waals surface area contributed by atoms with E-state index < -0.39 is 0 Å². The standard InChI is InChI=1S/C21H23N3O2S/c22-14-16-3-1-4-17(13-16)15-23-8-10-24(11-9-23)21(25)20-7-6-19(27-20)18-5-2-12-26-18/h1,3-4,6-7,13,18H,2,5,8-12,15H2. The van der Waals surface area contributed by atoms with Crippen LogP contribution < -0.4 is 0 Å². The fraction of sp³-hybridized carbons (Fsp3) is 0.429. The van der Waals surface area contributed by atoms with E-state index in [0.29, 0.717) is 5.56 Å². The first-order chi connectivity index (χ1) is 13.2. The Balaban J connectivity index is 1.32. The van der Waals surface area contributed by atoms with Crippen LogP contribution in [0, 0.1) is 11.3 Å². The van der Waals surface area contributed by atoms with Crippen LogP contribution in [-0.2, 0) is 11.3 Å². The normalized spacial score (nSPS) is 20.6. The number of carbonyl (C=O) groups excluding carboxylic acids is 1. The molecule has 0 N–H and O–H groups in total. The molecule has 2 aromatic rings. The van der Waals surface area contributed by atoms with Gasteiger partial charge in [-0.05, 0) is 42.7 Å². The summed E-state index contributed by atoms with van der Waals surface area (Å²) in [5.41, 5.74) is 1.84. The Kier molecular flexibility index (Phi) is 5.53. The second-order valence-corrected chi connectivity index (χ2v) is 8.20. The van der Waals surface area contributed by atoms with E-state index in [-0.39, 0.29) is 12.0 Å². The number of piperazine rings is 1. The zero-order valence-electron chi connectivity index (χ0n) is 15.3. The van der Waals surface area contributed by atoms with Crippen LogP contribution in [0.25, 0.3) is 0 Å². The molecule has 4 rings (SSSR count). The minimum atomic E-state index is 0.135. The molecule has 2 fully saturated rings. The lowest BCUT2D eigenvalue weighted by molar-refractivity contribution is 0.0633. The predicted octanol–water partition coefficient (Wildman–Crippen LogP) is 3.43. The molecule has 1 aromatic carbocycles. The van der Waals surface area contributed by atoms with E-state index in [1.807, 2.05) is 35.2 Å². The molecule has 1 atom stereocenters. The second-order valence-electron chi connectivity index (χ2n) is 7.08. The van der Waals surface area contributed by atoms with E-state index in [1.165, 1.54) is 4.88 Å². The smallest absolute Gasteiger partial charge is 0.264 e. The molecule has 2 saturated heterocycles. The molecule has 6 heteroatoms. The quantitative estimate of drug-likeness (QED) is 0.814. The van der Waals surface area contributed by atoms with Gasteiger partial charge in [0, 0.05) is 44.2 Å². The second kappa shape index (κ2) is 8.22. The topological polar surface area (TPSA) is 56.6 Å². The maximum atomic E-state index is 12.8. The van der Waals surface area contributed by atoms with E-state index in [0.717, 1.165) is 62.6 Å². The van der Waals surface area contributed by atoms with Crippen LogP contribution in [0.5, 0.6) is 0 Å². The number of nitrogens with zero attached hydrogens (tertiary/aromatic N) is 3. The number of thiophene rings is 1. The van der Waals surface area contributed by atoms with Crippen molar-refractivity contribution in [2.24, 2.45) is 0 Å². The van der Waals surface area contributed by atoms with Crippen molar-refractivity contribution < 1.29 is 9.53 Å². The largest absolute Gasteiger partial charge is 0.373 e. The first-order valence-electron chi connectivity index (χ1n) is 9.45. The molecular weight excluding hydrogens is 358 g/mol. The number of hydrogen-bond acceptors (Lipinski definition) is 5. The van der Waals surface area contributed by atoms with Gasteiger partial charge >= 0.3 is 0 Å². The Hall–Kier alpha value is -2.20. The maximum absolute atomic E-state index is 12.8. The van der Waals surface area contributed by atoms with Gasteiger partial charge in [-0.3, -0.25) is 9.69 Å². The summed E-state index contributed by atoms with van der Waals surface area (Å²) in [7, 11) is 0. The van der Waals surface area contributed by atoms with Crippen LogP contribution in [0.2, 0.25) is 0 Å². The molecule has 27 heavy (non-hydrogen) atoms. The van der Waals surface area contributed by atoms with E-state index in [4.69, 9.17) is 10.00 Å². The highest BCUT2D eigenvalue weighted by Gasteiger charge is 2.25. The number of nitriles is 1. The summed E-state index contributed by atoms with van der Waals surface area (Å²) in [4.78, 5) is 19.1. The third-order valence-corrected chi connectivity index (χ3v) is 6.37. The van der Waals surface area contributed by atoms with Crippen LogP contribution in [0.1, 0.15) is 44.6 Å². The molecule has 5 nitrogen and oxygen atoms in total. The van der Waals surface area contributed by atoms with Gasteiger partial charge in [0.05, 0.1) is 22.6 Å². The van der Waals surface area contributed by atoms with Crippen molar-refractivity contribution in [1.82, 2.24) is 9.80 Å². The Morgan fingerprint density at radius 3 is 2.81 bits per heavy atom. The van der Waals surface area contributed by atoms with Gasteiger partial charge in [-0.25, -0.2) is 0 Å². The van der Waals surface area contributed by atoms with Crippen LogP contribution in [0.4, 0.5) is 0 Å². The average molecular weight is 382 g/mol. The predicted molar refractivity (Wildman–Crippen MR) is 105 cm³/mol. The molecule has 1 unspecified atom stereocenters. The monoisotopic (exact) mass is 381 g/mol. The van der Waals surface area contributed by atoms with Crippen molar-refractivity contribution in [3.8, 4) is 6.07 Å². The van der Waals surface area contributed by atoms with Crippen LogP contribution in [0.3, 0.4) is 0 Å². The van der Waals surface area contributed by atoms with E-state index in [9.17, 15) is 4.79 Å². The molecule has 1 aromatic heterocycles. The van der Waals surface area contributed by atoms with Crippen LogP contribution >= 0.6 is 11.3 Å². The van der Waals surface area contributed by atoms with Gasteiger partial charge in [-0.2, -0.15) is 5.26 Å². The summed E-state index contributed by atoms with van der Waals surface area (Å²) in [6, 6.07) is 13.9. The highest BCUT2D eigenvalue weighted by Crippen LogP contribution is 2.33. The molecule has 140 valence electrons. The zero-order valence-corrected chi connectivity index (χ0v) is 16.1. The third kappa shape index (κ3) is 4.22. The first-order valence-corrected chi connectivity index (χ1v) is 10.3. The summed E-state index contributed by atoms with van der Waals surface area (Å²) in [5, 5.41) is 9.03. The fourth-order valence-electron chi connectivity index (χ4n) is 3.71. The molecule has 0 spiro atoms. The third-order valence-electron chi connectivity index (χ3n) is 5.21. The van der Waals surface area contributed by atoms with E-state index >= 15 is 0 Å². The maximum Gasteiger partial charge on any atom is 0.264 e. The molecule has 0 aliphatic carbocycles. The zero-order chi connectivity index (χ0) is 18.6.